The van der Waals surface area contributed by atoms with Gasteiger partial charge in [0.15, 0.2) is 6.29 Å². The number of nitrogens with zero attached hydrogens (tertiary/aromatic N) is 3. The average molecular weight is 169 g/mol. The minimum absolute atomic E-state index is 0.123. The summed E-state index contributed by atoms with van der Waals surface area (Å²) in [4.78, 5) is 20.0. The van der Waals surface area contributed by atoms with E-state index < -0.39 is 4.92 Å². The first kappa shape index (κ1) is 8.38. The lowest BCUT2D eigenvalue weighted by molar-refractivity contribution is -0.385. The third-order valence-corrected chi connectivity index (χ3v) is 1.40. The molecule has 6 heteroatoms. The van der Waals surface area contributed by atoms with Crippen LogP contribution in [0.25, 0.3) is 0 Å². The Balaban J connectivity index is 3.16. The smallest absolute Gasteiger partial charge is 0.296 e. The zero-order valence-electron chi connectivity index (χ0n) is 6.43. The quantitative estimate of drug-likeness (QED) is 0.377. The number of hydrogen-bond donors (Lipinski definition) is 0. The lowest BCUT2D eigenvalue weighted by Crippen LogP contribution is -1.94. The van der Waals surface area contributed by atoms with E-state index in [1.54, 1.807) is 6.92 Å². The van der Waals surface area contributed by atoms with Crippen LogP contribution in [-0.4, -0.2) is 21.0 Å². The first-order valence-electron chi connectivity index (χ1n) is 3.36. The minimum Gasteiger partial charge on any atom is -0.296 e. The van der Waals surface area contributed by atoms with Gasteiger partial charge in [-0.1, -0.05) is 0 Å². The Morgan fingerprint density at radius 1 is 1.83 bits per heavy atom. The molecule has 0 saturated carbocycles. The van der Waals surface area contributed by atoms with Crippen molar-refractivity contribution >= 4 is 12.0 Å². The van der Waals surface area contributed by atoms with Crippen molar-refractivity contribution < 1.29 is 9.72 Å². The summed E-state index contributed by atoms with van der Waals surface area (Å²) in [6.45, 7) is 2.29. The fourth-order valence-corrected chi connectivity index (χ4v) is 0.812. The molecular formula is C6H7N3O3. The third kappa shape index (κ3) is 1.31. The van der Waals surface area contributed by atoms with E-state index in [0.717, 1.165) is 0 Å². The molecule has 1 aromatic heterocycles. The number of aldehydes is 1. The molecule has 0 bridgehead atoms. The lowest BCUT2D eigenvalue weighted by atomic mass is 10.4. The molecule has 0 aliphatic rings. The van der Waals surface area contributed by atoms with Gasteiger partial charge in [-0.2, -0.15) is 5.10 Å². The van der Waals surface area contributed by atoms with Gasteiger partial charge in [0.1, 0.15) is 6.20 Å². The Kier molecular flexibility index (Phi) is 2.18. The van der Waals surface area contributed by atoms with Crippen LogP contribution in [-0.2, 0) is 6.54 Å². The van der Waals surface area contributed by atoms with Crippen LogP contribution >= 0.6 is 0 Å². The van der Waals surface area contributed by atoms with E-state index in [1.807, 2.05) is 0 Å². The molecule has 0 amide bonds. The Hall–Kier alpha value is -1.72. The van der Waals surface area contributed by atoms with Gasteiger partial charge in [0.2, 0.25) is 5.69 Å². The topological polar surface area (TPSA) is 78.0 Å². The second-order valence-corrected chi connectivity index (χ2v) is 2.13. The molecule has 0 saturated heterocycles. The third-order valence-electron chi connectivity index (χ3n) is 1.40. The van der Waals surface area contributed by atoms with Crippen LogP contribution in [0.5, 0.6) is 0 Å². The fourth-order valence-electron chi connectivity index (χ4n) is 0.812. The highest BCUT2D eigenvalue weighted by Crippen LogP contribution is 2.13. The van der Waals surface area contributed by atoms with Crippen molar-refractivity contribution in [3.05, 3.63) is 22.0 Å². The summed E-state index contributed by atoms with van der Waals surface area (Å²) in [7, 11) is 0. The van der Waals surface area contributed by atoms with E-state index in [9.17, 15) is 14.9 Å². The van der Waals surface area contributed by atoms with Gasteiger partial charge in [-0.05, 0) is 6.92 Å². The molecule has 0 aromatic carbocycles. The van der Waals surface area contributed by atoms with Crippen LogP contribution in [0.1, 0.15) is 17.4 Å². The van der Waals surface area contributed by atoms with Crippen LogP contribution in [0.3, 0.4) is 0 Å². The van der Waals surface area contributed by atoms with Crippen molar-refractivity contribution in [2.24, 2.45) is 0 Å². The van der Waals surface area contributed by atoms with E-state index in [0.29, 0.717) is 12.8 Å². The monoisotopic (exact) mass is 169 g/mol. The zero-order chi connectivity index (χ0) is 9.14. The molecule has 0 aliphatic carbocycles. The molecule has 1 aromatic rings. The second kappa shape index (κ2) is 3.12. The predicted octanol–water partition coefficient (Wildman–Crippen LogP) is 0.624. The van der Waals surface area contributed by atoms with Gasteiger partial charge in [-0.25, -0.2) is 0 Å². The van der Waals surface area contributed by atoms with Crippen LogP contribution in [0.4, 0.5) is 5.69 Å². The Morgan fingerprint density at radius 3 is 2.83 bits per heavy atom. The molecule has 12 heavy (non-hydrogen) atoms. The summed E-state index contributed by atoms with van der Waals surface area (Å²) in [5.41, 5.74) is -0.367. The van der Waals surface area contributed by atoms with Crippen LogP contribution in [0, 0.1) is 10.1 Å². The normalized spacial score (nSPS) is 9.75. The highest BCUT2D eigenvalue weighted by molar-refractivity contribution is 5.77. The van der Waals surface area contributed by atoms with Crippen molar-refractivity contribution in [1.29, 1.82) is 0 Å². The molecule has 0 spiro atoms. The van der Waals surface area contributed by atoms with E-state index in [2.05, 4.69) is 5.10 Å². The zero-order valence-corrected chi connectivity index (χ0v) is 6.43. The van der Waals surface area contributed by atoms with E-state index >= 15 is 0 Å². The van der Waals surface area contributed by atoms with E-state index in [4.69, 9.17) is 0 Å². The minimum atomic E-state index is -0.622. The Morgan fingerprint density at radius 2 is 2.50 bits per heavy atom. The summed E-state index contributed by atoms with van der Waals surface area (Å²) >= 11 is 0. The van der Waals surface area contributed by atoms with Gasteiger partial charge >= 0.3 is 5.69 Å². The number of carbonyl (C=O) groups excluding carboxylic acids is 1. The van der Waals surface area contributed by atoms with Crippen LogP contribution in [0.15, 0.2) is 6.20 Å². The van der Waals surface area contributed by atoms with Crippen molar-refractivity contribution in [2.45, 2.75) is 13.5 Å². The van der Waals surface area contributed by atoms with Crippen molar-refractivity contribution in [3.63, 3.8) is 0 Å². The van der Waals surface area contributed by atoms with Gasteiger partial charge in [0, 0.05) is 6.54 Å². The summed E-state index contributed by atoms with van der Waals surface area (Å²) in [5.74, 6) is 0. The van der Waals surface area contributed by atoms with Crippen LogP contribution < -0.4 is 0 Å². The molecule has 6 nitrogen and oxygen atoms in total. The first-order valence-corrected chi connectivity index (χ1v) is 3.36. The lowest BCUT2D eigenvalue weighted by Gasteiger charge is -1.87. The number of rotatable bonds is 3. The summed E-state index contributed by atoms with van der Waals surface area (Å²) < 4.78 is 1.35. The fraction of sp³-hybridized carbons (Fsp3) is 0.333. The molecule has 0 radical (unpaired) electrons. The summed E-state index contributed by atoms with van der Waals surface area (Å²) in [5, 5.41) is 14.0. The molecule has 0 fully saturated rings. The number of aryl methyl sites for hydroxylation is 1. The Bertz CT molecular complexity index is 318. The molecule has 0 N–H and O–H groups in total. The molecule has 1 rings (SSSR count). The average Bonchev–Trinajstić information content (AvgIpc) is 2.47. The first-order chi connectivity index (χ1) is 5.69. The van der Waals surface area contributed by atoms with Crippen molar-refractivity contribution in [1.82, 2.24) is 9.78 Å². The second-order valence-electron chi connectivity index (χ2n) is 2.13. The van der Waals surface area contributed by atoms with Gasteiger partial charge < -0.3 is 0 Å². The number of carbonyl (C=O) groups is 1. The summed E-state index contributed by atoms with van der Waals surface area (Å²) in [6.07, 6.45) is 1.62. The van der Waals surface area contributed by atoms with Gasteiger partial charge in [0.25, 0.3) is 0 Å². The SMILES string of the molecule is CCn1cc([N+](=O)[O-])c(C=O)n1. The van der Waals surface area contributed by atoms with Gasteiger partial charge in [0.05, 0.1) is 4.92 Å². The maximum atomic E-state index is 10.3. The standard InChI is InChI=1S/C6H7N3O3/c1-2-8-3-6(9(11)12)5(4-10)7-8/h3-4H,2H2,1H3. The number of aromatic nitrogens is 2. The maximum absolute atomic E-state index is 10.3. The van der Waals surface area contributed by atoms with E-state index in [-0.39, 0.29) is 11.4 Å². The maximum Gasteiger partial charge on any atom is 0.317 e. The molecule has 64 valence electrons. The highest BCUT2D eigenvalue weighted by Gasteiger charge is 2.17. The van der Waals surface area contributed by atoms with Crippen molar-refractivity contribution in [3.8, 4) is 0 Å². The molecule has 0 unspecified atom stereocenters. The Labute approximate surface area is 67.9 Å². The number of hydrogen-bond acceptors (Lipinski definition) is 4. The molecule has 0 atom stereocenters. The van der Waals surface area contributed by atoms with Gasteiger partial charge in [-0.15, -0.1) is 0 Å². The molecule has 1 heterocycles. The predicted molar refractivity (Wildman–Crippen MR) is 39.9 cm³/mol. The number of nitro groups is 1. The van der Waals surface area contributed by atoms with E-state index in [1.165, 1.54) is 10.9 Å². The van der Waals surface area contributed by atoms with Crippen LogP contribution in [0.2, 0.25) is 0 Å². The molecular weight excluding hydrogens is 162 g/mol. The largest absolute Gasteiger partial charge is 0.317 e. The summed E-state index contributed by atoms with van der Waals surface area (Å²) in [6, 6.07) is 0. The van der Waals surface area contributed by atoms with Crippen molar-refractivity contribution in [2.75, 3.05) is 0 Å². The highest BCUT2D eigenvalue weighted by atomic mass is 16.6. The molecule has 0 aliphatic heterocycles. The van der Waals surface area contributed by atoms with Gasteiger partial charge in [-0.3, -0.25) is 19.6 Å².